The van der Waals surface area contributed by atoms with E-state index in [0.29, 0.717) is 12.1 Å². The van der Waals surface area contributed by atoms with Gasteiger partial charge in [-0.15, -0.1) is 0 Å². The molecule has 0 fully saturated rings. The van der Waals surface area contributed by atoms with E-state index in [1.807, 2.05) is 17.5 Å². The lowest BCUT2D eigenvalue weighted by molar-refractivity contribution is 0.414. The number of fused-ring (bicyclic) bond motifs is 1. The fourth-order valence-corrected chi connectivity index (χ4v) is 3.89. The molecule has 0 aliphatic carbocycles. The van der Waals surface area contributed by atoms with Crippen molar-refractivity contribution in [1.82, 2.24) is 10.3 Å². The Kier molecular flexibility index (Phi) is 5.65. The largest absolute Gasteiger partial charge is 0.497 e. The molecule has 2 aromatic heterocycles. The topological polar surface area (TPSA) is 34.1 Å². The van der Waals surface area contributed by atoms with Gasteiger partial charge in [-0.3, -0.25) is 0 Å². The van der Waals surface area contributed by atoms with Crippen molar-refractivity contribution < 1.29 is 9.13 Å². The summed E-state index contributed by atoms with van der Waals surface area (Å²) in [4.78, 5) is 4.75. The minimum atomic E-state index is -0.263. The quantitative estimate of drug-likeness (QED) is 0.425. The fourth-order valence-electron chi connectivity index (χ4n) is 3.25. The van der Waals surface area contributed by atoms with Crippen LogP contribution in [0, 0.1) is 5.82 Å². The van der Waals surface area contributed by atoms with E-state index < -0.39 is 0 Å². The first-order chi connectivity index (χ1) is 13.7. The second-order valence-electron chi connectivity index (χ2n) is 6.62. The lowest BCUT2D eigenvalue weighted by Gasteiger charge is -2.12. The van der Waals surface area contributed by atoms with Crippen LogP contribution >= 0.6 is 11.3 Å². The summed E-state index contributed by atoms with van der Waals surface area (Å²) in [7, 11) is 1.68. The van der Waals surface area contributed by atoms with E-state index in [-0.39, 0.29) is 5.82 Å². The zero-order valence-electron chi connectivity index (χ0n) is 15.6. The zero-order valence-corrected chi connectivity index (χ0v) is 16.4. The average molecular weight is 392 g/mol. The van der Waals surface area contributed by atoms with Crippen molar-refractivity contribution in [3.8, 4) is 17.0 Å². The summed E-state index contributed by atoms with van der Waals surface area (Å²) >= 11 is 1.63. The Morgan fingerprint density at radius 3 is 2.86 bits per heavy atom. The number of hydrogen-bond donors (Lipinski definition) is 1. The second kappa shape index (κ2) is 8.50. The Bertz CT molecular complexity index is 1080. The van der Waals surface area contributed by atoms with Crippen LogP contribution in [-0.2, 0) is 13.0 Å². The third kappa shape index (κ3) is 4.21. The van der Waals surface area contributed by atoms with Crippen molar-refractivity contribution in [3.05, 3.63) is 82.3 Å². The average Bonchev–Trinajstić information content (AvgIpc) is 3.25. The van der Waals surface area contributed by atoms with Gasteiger partial charge in [0.05, 0.1) is 18.3 Å². The van der Waals surface area contributed by atoms with Gasteiger partial charge in [0.1, 0.15) is 11.6 Å². The summed E-state index contributed by atoms with van der Waals surface area (Å²) in [6, 6.07) is 17.0. The van der Waals surface area contributed by atoms with E-state index in [1.54, 1.807) is 24.5 Å². The zero-order chi connectivity index (χ0) is 19.3. The number of ether oxygens (including phenoxy) is 1. The van der Waals surface area contributed by atoms with Crippen LogP contribution in [0.1, 0.15) is 11.1 Å². The number of nitrogens with zero attached hydrogens (tertiary/aromatic N) is 1. The predicted octanol–water partition coefficient (Wildman–Crippen LogP) is 5.44. The first-order valence-electron chi connectivity index (χ1n) is 9.18. The Hall–Kier alpha value is -2.76. The molecule has 0 atom stereocenters. The Morgan fingerprint density at radius 2 is 2.04 bits per heavy atom. The molecule has 0 saturated heterocycles. The van der Waals surface area contributed by atoms with E-state index in [1.165, 1.54) is 17.7 Å². The molecule has 0 saturated carbocycles. The van der Waals surface area contributed by atoms with Crippen LogP contribution in [0.15, 0.2) is 65.4 Å². The van der Waals surface area contributed by atoms with Crippen molar-refractivity contribution in [1.29, 1.82) is 0 Å². The molecule has 0 radical (unpaired) electrons. The van der Waals surface area contributed by atoms with Gasteiger partial charge in [-0.25, -0.2) is 9.37 Å². The molecule has 0 bridgehead atoms. The molecule has 4 aromatic rings. The number of hydrogen-bond acceptors (Lipinski definition) is 4. The monoisotopic (exact) mass is 392 g/mol. The number of benzene rings is 2. The number of methoxy groups -OCH3 is 1. The predicted molar refractivity (Wildman–Crippen MR) is 113 cm³/mol. The number of thiophene rings is 1. The standard InChI is InChI=1S/C23H21FN2OS/c1-27-21-4-2-3-16(11-21)7-9-25-14-19-12-17-5-6-20(24)13-22(17)26-23(19)18-8-10-28-15-18/h2-6,8,10-13,15,25H,7,9,14H2,1H3. The molecule has 4 rings (SSSR count). The number of halogens is 1. The van der Waals surface area contributed by atoms with Crippen LogP contribution < -0.4 is 10.1 Å². The molecule has 5 heteroatoms. The highest BCUT2D eigenvalue weighted by atomic mass is 32.1. The Balaban J connectivity index is 1.52. The molecular formula is C23H21FN2OS. The van der Waals surface area contributed by atoms with Gasteiger partial charge < -0.3 is 10.1 Å². The molecule has 0 spiro atoms. The molecule has 1 N–H and O–H groups in total. The van der Waals surface area contributed by atoms with Crippen molar-refractivity contribution >= 4 is 22.2 Å². The minimum absolute atomic E-state index is 0.263. The van der Waals surface area contributed by atoms with Gasteiger partial charge in [-0.05, 0) is 65.9 Å². The smallest absolute Gasteiger partial charge is 0.125 e. The molecule has 0 aliphatic rings. The molecule has 2 aromatic carbocycles. The first-order valence-corrected chi connectivity index (χ1v) is 10.1. The molecular weight excluding hydrogens is 371 g/mol. The highest BCUT2D eigenvalue weighted by Gasteiger charge is 2.10. The van der Waals surface area contributed by atoms with E-state index in [9.17, 15) is 4.39 Å². The van der Waals surface area contributed by atoms with Crippen LogP contribution in [-0.4, -0.2) is 18.6 Å². The lowest BCUT2D eigenvalue weighted by atomic mass is 10.0. The van der Waals surface area contributed by atoms with E-state index in [4.69, 9.17) is 9.72 Å². The fraction of sp³-hybridized carbons (Fsp3) is 0.174. The SMILES string of the molecule is COc1cccc(CCNCc2cc3ccc(F)cc3nc2-c2ccsc2)c1. The summed E-state index contributed by atoms with van der Waals surface area (Å²) in [5, 5.41) is 8.57. The molecule has 0 amide bonds. The molecule has 3 nitrogen and oxygen atoms in total. The number of nitrogens with one attached hydrogen (secondary N) is 1. The number of pyridine rings is 1. The Morgan fingerprint density at radius 1 is 1.11 bits per heavy atom. The summed E-state index contributed by atoms with van der Waals surface area (Å²) in [6.07, 6.45) is 0.914. The van der Waals surface area contributed by atoms with Gasteiger partial charge in [0.15, 0.2) is 0 Å². The third-order valence-electron chi connectivity index (χ3n) is 4.69. The van der Waals surface area contributed by atoms with Gasteiger partial charge in [-0.1, -0.05) is 12.1 Å². The molecule has 0 unspecified atom stereocenters. The van der Waals surface area contributed by atoms with E-state index in [2.05, 4.69) is 35.0 Å². The van der Waals surface area contributed by atoms with Gasteiger partial charge in [0, 0.05) is 28.9 Å². The maximum Gasteiger partial charge on any atom is 0.125 e. The minimum Gasteiger partial charge on any atom is -0.497 e. The summed E-state index contributed by atoms with van der Waals surface area (Å²) < 4.78 is 18.9. The van der Waals surface area contributed by atoms with E-state index in [0.717, 1.165) is 40.9 Å². The highest BCUT2D eigenvalue weighted by Crippen LogP contribution is 2.28. The first kappa shape index (κ1) is 18.6. The second-order valence-corrected chi connectivity index (χ2v) is 7.40. The third-order valence-corrected chi connectivity index (χ3v) is 5.38. The normalized spacial score (nSPS) is 11.1. The van der Waals surface area contributed by atoms with Gasteiger partial charge in [0.25, 0.3) is 0 Å². The summed E-state index contributed by atoms with van der Waals surface area (Å²) in [5.74, 6) is 0.614. The van der Waals surface area contributed by atoms with Crippen molar-refractivity contribution in [3.63, 3.8) is 0 Å². The number of rotatable bonds is 7. The molecule has 28 heavy (non-hydrogen) atoms. The van der Waals surface area contributed by atoms with Crippen molar-refractivity contribution in [2.45, 2.75) is 13.0 Å². The van der Waals surface area contributed by atoms with Crippen LogP contribution in [0.25, 0.3) is 22.2 Å². The maximum atomic E-state index is 13.6. The maximum absolute atomic E-state index is 13.6. The van der Waals surface area contributed by atoms with Gasteiger partial charge in [0.2, 0.25) is 0 Å². The van der Waals surface area contributed by atoms with Crippen molar-refractivity contribution in [2.75, 3.05) is 13.7 Å². The van der Waals surface area contributed by atoms with Gasteiger partial charge in [-0.2, -0.15) is 11.3 Å². The molecule has 2 heterocycles. The van der Waals surface area contributed by atoms with Crippen LogP contribution in [0.2, 0.25) is 0 Å². The number of aromatic nitrogens is 1. The van der Waals surface area contributed by atoms with Crippen LogP contribution in [0.3, 0.4) is 0 Å². The molecule has 142 valence electrons. The summed E-state index contributed by atoms with van der Waals surface area (Å²) in [6.45, 7) is 1.55. The lowest BCUT2D eigenvalue weighted by Crippen LogP contribution is -2.17. The van der Waals surface area contributed by atoms with Crippen LogP contribution in [0.5, 0.6) is 5.75 Å². The van der Waals surface area contributed by atoms with Gasteiger partial charge >= 0.3 is 0 Å². The van der Waals surface area contributed by atoms with Crippen molar-refractivity contribution in [2.24, 2.45) is 0 Å². The Labute approximate surface area is 167 Å². The van der Waals surface area contributed by atoms with Crippen LogP contribution in [0.4, 0.5) is 4.39 Å². The molecule has 0 aliphatic heterocycles. The van der Waals surface area contributed by atoms with E-state index >= 15 is 0 Å². The highest BCUT2D eigenvalue weighted by molar-refractivity contribution is 7.08. The summed E-state index contributed by atoms with van der Waals surface area (Å²) in [5.41, 5.74) is 5.01.